The van der Waals surface area contributed by atoms with Crippen LogP contribution in [0.1, 0.15) is 4.88 Å². The Morgan fingerprint density at radius 1 is 1.29 bits per heavy atom. The van der Waals surface area contributed by atoms with E-state index in [1.807, 2.05) is 30.3 Å². The van der Waals surface area contributed by atoms with E-state index in [-0.39, 0.29) is 0 Å². The van der Waals surface area contributed by atoms with Crippen molar-refractivity contribution in [2.45, 2.75) is 0 Å². The highest BCUT2D eigenvalue weighted by atomic mass is 32.1. The van der Waals surface area contributed by atoms with Crippen molar-refractivity contribution in [2.24, 2.45) is 5.10 Å². The molecule has 1 aromatic carbocycles. The monoisotopic (exact) mass is 203 g/mol. The molecule has 0 atom stereocenters. The van der Waals surface area contributed by atoms with Gasteiger partial charge in [-0.25, -0.2) is 0 Å². The van der Waals surface area contributed by atoms with Gasteiger partial charge in [0.15, 0.2) is 0 Å². The smallest absolute Gasteiger partial charge is 0.0798 e. The summed E-state index contributed by atoms with van der Waals surface area (Å²) in [5.41, 5.74) is 5.69. The molecule has 0 aliphatic heterocycles. The van der Waals surface area contributed by atoms with Gasteiger partial charge in [0.25, 0.3) is 0 Å². The van der Waals surface area contributed by atoms with Gasteiger partial charge in [-0.1, -0.05) is 18.2 Å². The lowest BCUT2D eigenvalue weighted by Gasteiger charge is -1.96. The number of hydrazone groups is 1. The fraction of sp³-hybridized carbons (Fsp3) is 0. The summed E-state index contributed by atoms with van der Waals surface area (Å²) >= 11 is 1.56. The highest BCUT2D eigenvalue weighted by Crippen LogP contribution is 2.05. The Kier molecular flexibility index (Phi) is 2.88. The van der Waals surface area contributed by atoms with Gasteiger partial charge in [0.2, 0.25) is 0 Å². The molecule has 14 heavy (non-hydrogen) atoms. The van der Waals surface area contributed by atoms with Crippen molar-refractivity contribution in [1.29, 1.82) is 0 Å². The Bertz CT molecular complexity index is 395. The van der Waals surface area contributed by atoms with Crippen LogP contribution < -0.4 is 5.43 Å². The highest BCUT2D eigenvalue weighted by molar-refractivity contribution is 7.11. The molecule has 1 aromatic heterocycles. The summed E-state index contributed by atoms with van der Waals surface area (Å²) < 4.78 is 0. The van der Waals surface area contributed by atoms with E-state index in [0.29, 0.717) is 0 Å². The standard InChI is InChI=1S/C10H9N3S/c1-2-4-9(5-3-1)13-12-7-10-6-11-8-14-10/h1-8,13H/b12-7+. The maximum Gasteiger partial charge on any atom is 0.0798 e. The first-order valence-electron chi connectivity index (χ1n) is 4.18. The number of rotatable bonds is 3. The number of para-hydroxylation sites is 1. The first-order chi connectivity index (χ1) is 6.95. The normalized spacial score (nSPS) is 10.6. The van der Waals surface area contributed by atoms with Crippen LogP contribution >= 0.6 is 11.3 Å². The Balaban J connectivity index is 1.95. The number of hydrogen-bond donors (Lipinski definition) is 1. The Labute approximate surface area is 86.1 Å². The molecular weight excluding hydrogens is 194 g/mol. The largest absolute Gasteiger partial charge is 0.278 e. The average molecular weight is 203 g/mol. The van der Waals surface area contributed by atoms with Crippen LogP contribution in [0, 0.1) is 0 Å². The maximum atomic E-state index is 4.08. The van der Waals surface area contributed by atoms with E-state index < -0.39 is 0 Å². The van der Waals surface area contributed by atoms with E-state index in [4.69, 9.17) is 0 Å². The van der Waals surface area contributed by atoms with Crippen LogP contribution in [0.2, 0.25) is 0 Å². The predicted molar refractivity (Wildman–Crippen MR) is 59.8 cm³/mol. The fourth-order valence-electron chi connectivity index (χ4n) is 0.972. The molecule has 2 aromatic rings. The van der Waals surface area contributed by atoms with Gasteiger partial charge in [-0.3, -0.25) is 10.4 Å². The van der Waals surface area contributed by atoms with Crippen LogP contribution in [0.5, 0.6) is 0 Å². The molecule has 0 radical (unpaired) electrons. The Hall–Kier alpha value is -1.68. The molecule has 0 unspecified atom stereocenters. The summed E-state index contributed by atoms with van der Waals surface area (Å²) in [7, 11) is 0. The van der Waals surface area contributed by atoms with Crippen LogP contribution in [0.3, 0.4) is 0 Å². The van der Waals surface area contributed by atoms with Crippen molar-refractivity contribution in [1.82, 2.24) is 4.98 Å². The lowest BCUT2D eigenvalue weighted by molar-refractivity contribution is 1.35. The van der Waals surface area contributed by atoms with Crippen molar-refractivity contribution in [3.05, 3.63) is 46.9 Å². The molecule has 0 aliphatic carbocycles. The molecule has 70 valence electrons. The van der Waals surface area contributed by atoms with Crippen molar-refractivity contribution >= 4 is 23.2 Å². The number of hydrogen-bond acceptors (Lipinski definition) is 4. The summed E-state index contributed by atoms with van der Waals surface area (Å²) in [5.74, 6) is 0. The third kappa shape index (κ3) is 2.40. The highest BCUT2D eigenvalue weighted by Gasteiger charge is 1.87. The maximum absolute atomic E-state index is 4.08. The van der Waals surface area contributed by atoms with E-state index in [2.05, 4.69) is 15.5 Å². The molecule has 1 N–H and O–H groups in total. The molecule has 0 saturated heterocycles. The van der Waals surface area contributed by atoms with Crippen LogP contribution in [0.15, 0.2) is 47.1 Å². The number of anilines is 1. The Morgan fingerprint density at radius 3 is 2.86 bits per heavy atom. The number of benzene rings is 1. The first kappa shape index (κ1) is 8.90. The SMILES string of the molecule is C(=N\Nc1ccccc1)/c1cncs1. The van der Waals surface area contributed by atoms with Crippen LogP contribution in [-0.4, -0.2) is 11.2 Å². The predicted octanol–water partition coefficient (Wildman–Crippen LogP) is 2.59. The second kappa shape index (κ2) is 4.53. The van der Waals surface area contributed by atoms with Gasteiger partial charge in [-0.15, -0.1) is 11.3 Å². The van der Waals surface area contributed by atoms with Gasteiger partial charge in [0.05, 0.1) is 22.3 Å². The van der Waals surface area contributed by atoms with E-state index in [1.54, 1.807) is 29.3 Å². The quantitative estimate of drug-likeness (QED) is 0.615. The molecule has 0 spiro atoms. The van der Waals surface area contributed by atoms with Crippen LogP contribution in [-0.2, 0) is 0 Å². The number of thiazole rings is 1. The van der Waals surface area contributed by atoms with E-state index in [9.17, 15) is 0 Å². The summed E-state index contributed by atoms with van der Waals surface area (Å²) in [6.45, 7) is 0. The third-order valence-electron chi connectivity index (χ3n) is 1.61. The molecule has 3 nitrogen and oxygen atoms in total. The summed E-state index contributed by atoms with van der Waals surface area (Å²) in [6, 6.07) is 9.82. The van der Waals surface area contributed by atoms with Gasteiger partial charge in [0.1, 0.15) is 0 Å². The third-order valence-corrected chi connectivity index (χ3v) is 2.32. The summed E-state index contributed by atoms with van der Waals surface area (Å²) in [4.78, 5) is 4.98. The summed E-state index contributed by atoms with van der Waals surface area (Å²) in [5, 5.41) is 4.08. The minimum absolute atomic E-state index is 0.980. The van der Waals surface area contributed by atoms with Gasteiger partial charge >= 0.3 is 0 Å². The van der Waals surface area contributed by atoms with Crippen LogP contribution in [0.25, 0.3) is 0 Å². The minimum Gasteiger partial charge on any atom is -0.278 e. The average Bonchev–Trinajstić information content (AvgIpc) is 2.72. The molecule has 4 heteroatoms. The molecule has 0 bridgehead atoms. The zero-order chi connectivity index (χ0) is 9.64. The number of nitrogens with zero attached hydrogens (tertiary/aromatic N) is 2. The molecule has 2 rings (SSSR count). The summed E-state index contributed by atoms with van der Waals surface area (Å²) in [6.07, 6.45) is 3.53. The molecule has 0 aliphatic rings. The van der Waals surface area contributed by atoms with Crippen LogP contribution in [0.4, 0.5) is 5.69 Å². The van der Waals surface area contributed by atoms with E-state index >= 15 is 0 Å². The number of nitrogens with one attached hydrogen (secondary N) is 1. The van der Waals surface area contributed by atoms with Gasteiger partial charge in [0, 0.05) is 6.20 Å². The lowest BCUT2D eigenvalue weighted by Crippen LogP contribution is -1.88. The van der Waals surface area contributed by atoms with Crippen molar-refractivity contribution in [3.8, 4) is 0 Å². The molecule has 0 saturated carbocycles. The van der Waals surface area contributed by atoms with E-state index in [1.165, 1.54) is 0 Å². The minimum atomic E-state index is 0.980. The van der Waals surface area contributed by atoms with Gasteiger partial charge in [-0.05, 0) is 12.1 Å². The van der Waals surface area contributed by atoms with Crippen molar-refractivity contribution in [3.63, 3.8) is 0 Å². The Morgan fingerprint density at radius 2 is 2.14 bits per heavy atom. The fourth-order valence-corrected chi connectivity index (χ4v) is 1.45. The van der Waals surface area contributed by atoms with E-state index in [0.717, 1.165) is 10.6 Å². The van der Waals surface area contributed by atoms with Crippen molar-refractivity contribution < 1.29 is 0 Å². The first-order valence-corrected chi connectivity index (χ1v) is 5.06. The number of aromatic nitrogens is 1. The molecule has 1 heterocycles. The zero-order valence-electron chi connectivity index (χ0n) is 7.42. The zero-order valence-corrected chi connectivity index (χ0v) is 8.24. The second-order valence-electron chi connectivity index (χ2n) is 2.64. The molecule has 0 fully saturated rings. The lowest BCUT2D eigenvalue weighted by atomic mass is 10.3. The van der Waals surface area contributed by atoms with Crippen molar-refractivity contribution in [2.75, 3.05) is 5.43 Å². The second-order valence-corrected chi connectivity index (χ2v) is 3.56. The van der Waals surface area contributed by atoms with Gasteiger partial charge < -0.3 is 0 Å². The molecule has 0 amide bonds. The topological polar surface area (TPSA) is 37.3 Å². The van der Waals surface area contributed by atoms with Gasteiger partial charge in [-0.2, -0.15) is 5.10 Å². The molecular formula is C10H9N3S.